The van der Waals surface area contributed by atoms with Crippen LogP contribution in [0.3, 0.4) is 0 Å². The van der Waals surface area contributed by atoms with Gasteiger partial charge in [-0.3, -0.25) is 4.99 Å². The molecule has 0 aliphatic carbocycles. The van der Waals surface area contributed by atoms with Crippen molar-refractivity contribution in [3.05, 3.63) is 35.9 Å². The molecule has 26 heavy (non-hydrogen) atoms. The second kappa shape index (κ2) is 12.5. The van der Waals surface area contributed by atoms with Gasteiger partial charge in [0, 0.05) is 24.8 Å². The molecule has 1 aromatic rings. The summed E-state index contributed by atoms with van der Waals surface area (Å²) in [5.41, 5.74) is 1.34. The van der Waals surface area contributed by atoms with Crippen LogP contribution in [0.1, 0.15) is 45.6 Å². The zero-order valence-electron chi connectivity index (χ0n) is 16.4. The van der Waals surface area contributed by atoms with Crippen LogP contribution in [-0.2, 0) is 15.3 Å². The molecule has 0 atom stereocenters. The van der Waals surface area contributed by atoms with E-state index in [1.54, 1.807) is 0 Å². The fourth-order valence-corrected chi connectivity index (χ4v) is 3.55. The van der Waals surface area contributed by atoms with Gasteiger partial charge in [0.25, 0.3) is 0 Å². The van der Waals surface area contributed by atoms with E-state index in [1.165, 1.54) is 11.8 Å². The van der Waals surface area contributed by atoms with Crippen LogP contribution in [0.4, 0.5) is 0 Å². The van der Waals surface area contributed by atoms with Crippen molar-refractivity contribution >= 4 is 39.8 Å². The lowest BCUT2D eigenvalue weighted by molar-refractivity contribution is 0.407. The monoisotopic (exact) mass is 495 g/mol. The number of aliphatic imine (C=N–C) groups is 1. The maximum Gasteiger partial charge on any atom is 0.191 e. The van der Waals surface area contributed by atoms with Gasteiger partial charge in [-0.25, -0.2) is 8.42 Å². The highest BCUT2D eigenvalue weighted by atomic mass is 127. The molecule has 0 spiro atoms. The summed E-state index contributed by atoms with van der Waals surface area (Å²) in [6, 6.07) is 10.5. The Hall–Kier alpha value is -0.830. The number of hydrogen-bond acceptors (Lipinski definition) is 3. The first-order valence-corrected chi connectivity index (χ1v) is 11.2. The van der Waals surface area contributed by atoms with E-state index < -0.39 is 9.84 Å². The normalized spacial score (nSPS) is 12.4. The molecule has 0 aliphatic heterocycles. The van der Waals surface area contributed by atoms with Gasteiger partial charge in [-0.2, -0.15) is 0 Å². The zero-order chi connectivity index (χ0) is 18.8. The molecule has 0 radical (unpaired) electrons. The van der Waals surface area contributed by atoms with Gasteiger partial charge in [-0.1, -0.05) is 44.2 Å². The van der Waals surface area contributed by atoms with Crippen LogP contribution >= 0.6 is 24.0 Å². The van der Waals surface area contributed by atoms with Crippen molar-refractivity contribution in [3.63, 3.8) is 0 Å². The van der Waals surface area contributed by atoms with Crippen LogP contribution in [0.5, 0.6) is 0 Å². The van der Waals surface area contributed by atoms with E-state index >= 15 is 0 Å². The Kier molecular flexibility index (Phi) is 12.1. The van der Waals surface area contributed by atoms with E-state index in [0.717, 1.165) is 25.3 Å². The quantitative estimate of drug-likeness (QED) is 0.226. The first-order chi connectivity index (χ1) is 11.9. The Morgan fingerprint density at radius 3 is 2.19 bits per heavy atom. The molecule has 0 saturated carbocycles. The number of guanidine groups is 1. The van der Waals surface area contributed by atoms with Crippen LogP contribution in [0.25, 0.3) is 0 Å². The van der Waals surface area contributed by atoms with E-state index in [1.807, 2.05) is 13.0 Å². The van der Waals surface area contributed by atoms with Gasteiger partial charge in [-0.15, -0.1) is 24.0 Å². The van der Waals surface area contributed by atoms with Crippen LogP contribution < -0.4 is 10.6 Å². The molecule has 0 unspecified atom stereocenters. The molecule has 0 heterocycles. The second-order valence-corrected chi connectivity index (χ2v) is 8.72. The lowest BCUT2D eigenvalue weighted by Gasteiger charge is -2.31. The molecule has 5 nitrogen and oxygen atoms in total. The van der Waals surface area contributed by atoms with Crippen molar-refractivity contribution < 1.29 is 8.42 Å². The van der Waals surface area contributed by atoms with E-state index in [4.69, 9.17) is 4.99 Å². The van der Waals surface area contributed by atoms with Gasteiger partial charge in [0.2, 0.25) is 0 Å². The van der Waals surface area contributed by atoms with Crippen molar-refractivity contribution in [1.82, 2.24) is 10.6 Å². The summed E-state index contributed by atoms with van der Waals surface area (Å²) < 4.78 is 22.4. The second-order valence-electron chi connectivity index (χ2n) is 6.46. The number of hydrogen-bond donors (Lipinski definition) is 2. The molecule has 0 amide bonds. The highest BCUT2D eigenvalue weighted by Gasteiger charge is 2.28. The first kappa shape index (κ1) is 25.2. The van der Waals surface area contributed by atoms with Gasteiger partial charge in [0.1, 0.15) is 9.84 Å². The van der Waals surface area contributed by atoms with Gasteiger partial charge in [0.05, 0.1) is 12.3 Å². The van der Waals surface area contributed by atoms with E-state index in [0.29, 0.717) is 19.5 Å². The number of nitrogens with one attached hydrogen (secondary N) is 2. The smallest absolute Gasteiger partial charge is 0.191 e. The molecule has 150 valence electrons. The number of sulfone groups is 1. The van der Waals surface area contributed by atoms with Crippen LogP contribution in [0, 0.1) is 0 Å². The van der Waals surface area contributed by atoms with E-state index in [-0.39, 0.29) is 35.1 Å². The minimum absolute atomic E-state index is 0. The largest absolute Gasteiger partial charge is 0.357 e. The molecular weight excluding hydrogens is 461 g/mol. The first-order valence-electron chi connectivity index (χ1n) is 9.12. The van der Waals surface area contributed by atoms with Crippen molar-refractivity contribution in [2.24, 2.45) is 4.99 Å². The van der Waals surface area contributed by atoms with Gasteiger partial charge < -0.3 is 10.6 Å². The average molecular weight is 495 g/mol. The summed E-state index contributed by atoms with van der Waals surface area (Å²) in [7, 11) is -2.91. The maximum absolute atomic E-state index is 11.2. The Morgan fingerprint density at radius 1 is 1.08 bits per heavy atom. The molecule has 1 aromatic carbocycles. The van der Waals surface area contributed by atoms with Crippen molar-refractivity contribution in [2.45, 2.75) is 45.4 Å². The standard InChI is InChI=1S/C19H33N3O2S.HI/c1-5-19(6-2,17-12-9-8-10-13-17)16-22-18(20-7-3)21-14-11-15-25(4,23)24;/h8-10,12-13H,5-7,11,14-16H2,1-4H3,(H2,20,21,22);1H. The third-order valence-corrected chi connectivity index (χ3v) is 5.64. The predicted octanol–water partition coefficient (Wildman–Crippen LogP) is 3.35. The fourth-order valence-electron chi connectivity index (χ4n) is 2.88. The highest BCUT2D eigenvalue weighted by molar-refractivity contribution is 14.0. The lowest BCUT2D eigenvalue weighted by Crippen LogP contribution is -2.40. The highest BCUT2D eigenvalue weighted by Crippen LogP contribution is 2.31. The summed E-state index contributed by atoms with van der Waals surface area (Å²) in [5.74, 6) is 0.940. The Balaban J connectivity index is 0.00000625. The van der Waals surface area contributed by atoms with Crippen LogP contribution in [0.2, 0.25) is 0 Å². The topological polar surface area (TPSA) is 70.6 Å². The Bertz CT molecular complexity index is 629. The Morgan fingerprint density at radius 2 is 1.69 bits per heavy atom. The van der Waals surface area contributed by atoms with Crippen molar-refractivity contribution in [2.75, 3.05) is 31.6 Å². The average Bonchev–Trinajstić information content (AvgIpc) is 2.60. The molecule has 0 bridgehead atoms. The third kappa shape index (κ3) is 8.70. The van der Waals surface area contributed by atoms with E-state index in [9.17, 15) is 8.42 Å². The third-order valence-electron chi connectivity index (χ3n) is 4.61. The SMILES string of the molecule is CCNC(=NCC(CC)(CC)c1ccccc1)NCCCS(C)(=O)=O.I. The van der Waals surface area contributed by atoms with Gasteiger partial charge >= 0.3 is 0 Å². The zero-order valence-corrected chi connectivity index (χ0v) is 19.6. The molecule has 2 N–H and O–H groups in total. The summed E-state index contributed by atoms with van der Waals surface area (Å²) >= 11 is 0. The number of halogens is 1. The van der Waals surface area contributed by atoms with E-state index in [2.05, 4.69) is 48.7 Å². The minimum Gasteiger partial charge on any atom is -0.357 e. The molecule has 7 heteroatoms. The van der Waals surface area contributed by atoms with Crippen LogP contribution in [-0.4, -0.2) is 46.0 Å². The minimum atomic E-state index is -2.91. The molecule has 0 aliphatic rings. The summed E-state index contributed by atoms with van der Waals surface area (Å²) in [5, 5.41) is 6.48. The molecule has 0 saturated heterocycles. The van der Waals surface area contributed by atoms with Crippen LogP contribution in [0.15, 0.2) is 35.3 Å². The molecule has 0 fully saturated rings. The van der Waals surface area contributed by atoms with Crippen molar-refractivity contribution in [1.29, 1.82) is 0 Å². The predicted molar refractivity (Wildman–Crippen MR) is 122 cm³/mol. The van der Waals surface area contributed by atoms with Gasteiger partial charge in [-0.05, 0) is 31.7 Å². The van der Waals surface area contributed by atoms with Crippen molar-refractivity contribution in [3.8, 4) is 0 Å². The number of benzene rings is 1. The number of nitrogens with zero attached hydrogens (tertiary/aromatic N) is 1. The van der Waals surface area contributed by atoms with Gasteiger partial charge in [0.15, 0.2) is 5.96 Å². The summed E-state index contributed by atoms with van der Waals surface area (Å²) in [6.45, 7) is 8.50. The summed E-state index contributed by atoms with van der Waals surface area (Å²) in [6.07, 6.45) is 3.88. The number of rotatable bonds is 10. The maximum atomic E-state index is 11.2. The Labute approximate surface area is 176 Å². The fraction of sp³-hybridized carbons (Fsp3) is 0.632. The molecular formula is C19H34IN3O2S. The summed E-state index contributed by atoms with van der Waals surface area (Å²) in [4.78, 5) is 4.78. The lowest BCUT2D eigenvalue weighted by atomic mass is 9.76. The molecule has 1 rings (SSSR count). The molecule has 0 aromatic heterocycles.